The molecule has 23 heavy (non-hydrogen) atoms. The second-order valence-electron chi connectivity index (χ2n) is 5.74. The molecule has 0 saturated heterocycles. The standard InChI is InChI=1S/C20H26N2O/c1-3-19(14-16-8-6-5-7-9-16)22(4-2)20(23)18-12-10-17(15-21)11-13-18/h5-13,19H,3-4,14-15,21H2,1-2H3. The van der Waals surface area contributed by atoms with Crippen LogP contribution in [0.15, 0.2) is 54.6 Å². The van der Waals surface area contributed by atoms with Gasteiger partial charge in [0.05, 0.1) is 0 Å². The van der Waals surface area contributed by atoms with Crippen molar-refractivity contribution in [3.05, 3.63) is 71.3 Å². The molecule has 2 aromatic carbocycles. The summed E-state index contributed by atoms with van der Waals surface area (Å²) in [6.07, 6.45) is 1.83. The quantitative estimate of drug-likeness (QED) is 0.849. The molecule has 3 heteroatoms. The van der Waals surface area contributed by atoms with Gasteiger partial charge in [0.2, 0.25) is 0 Å². The van der Waals surface area contributed by atoms with Crippen LogP contribution in [0.2, 0.25) is 0 Å². The van der Waals surface area contributed by atoms with Crippen molar-refractivity contribution >= 4 is 5.91 Å². The summed E-state index contributed by atoms with van der Waals surface area (Å²) < 4.78 is 0. The predicted octanol–water partition coefficient (Wildman–Crippen LogP) is 3.63. The van der Waals surface area contributed by atoms with E-state index in [-0.39, 0.29) is 11.9 Å². The van der Waals surface area contributed by atoms with E-state index in [1.54, 1.807) is 0 Å². The fourth-order valence-electron chi connectivity index (χ4n) is 2.88. The van der Waals surface area contributed by atoms with Crippen LogP contribution in [0.25, 0.3) is 0 Å². The molecule has 1 atom stereocenters. The van der Waals surface area contributed by atoms with E-state index >= 15 is 0 Å². The third-order valence-electron chi connectivity index (χ3n) is 4.26. The Morgan fingerprint density at radius 1 is 1.00 bits per heavy atom. The Morgan fingerprint density at radius 3 is 2.17 bits per heavy atom. The summed E-state index contributed by atoms with van der Waals surface area (Å²) in [4.78, 5) is 14.8. The number of amides is 1. The van der Waals surface area contributed by atoms with Gasteiger partial charge in [-0.15, -0.1) is 0 Å². The normalized spacial score (nSPS) is 12.0. The molecule has 0 aromatic heterocycles. The summed E-state index contributed by atoms with van der Waals surface area (Å²) in [7, 11) is 0. The molecule has 2 N–H and O–H groups in total. The lowest BCUT2D eigenvalue weighted by Crippen LogP contribution is -2.41. The van der Waals surface area contributed by atoms with Crippen molar-refractivity contribution in [3.63, 3.8) is 0 Å². The molecule has 0 aliphatic rings. The molecule has 0 saturated carbocycles. The molecule has 0 heterocycles. The summed E-state index contributed by atoms with van der Waals surface area (Å²) in [6.45, 7) is 5.39. The maximum absolute atomic E-state index is 12.9. The highest BCUT2D eigenvalue weighted by molar-refractivity contribution is 5.94. The molecule has 1 unspecified atom stereocenters. The third-order valence-corrected chi connectivity index (χ3v) is 4.26. The SMILES string of the molecule is CCC(Cc1ccccc1)N(CC)C(=O)c1ccc(CN)cc1. The Balaban J connectivity index is 2.16. The van der Waals surface area contributed by atoms with Gasteiger partial charge in [-0.2, -0.15) is 0 Å². The fraction of sp³-hybridized carbons (Fsp3) is 0.350. The minimum absolute atomic E-state index is 0.0962. The van der Waals surface area contributed by atoms with Crippen molar-refractivity contribution in [2.24, 2.45) is 5.73 Å². The second-order valence-corrected chi connectivity index (χ2v) is 5.74. The lowest BCUT2D eigenvalue weighted by Gasteiger charge is -2.30. The van der Waals surface area contributed by atoms with Gasteiger partial charge >= 0.3 is 0 Å². The molecule has 0 aliphatic carbocycles. The zero-order valence-corrected chi connectivity index (χ0v) is 14.0. The molecule has 122 valence electrons. The Bertz CT molecular complexity index is 607. The Labute approximate surface area is 139 Å². The van der Waals surface area contributed by atoms with Crippen molar-refractivity contribution in [3.8, 4) is 0 Å². The number of hydrogen-bond acceptors (Lipinski definition) is 2. The first-order chi connectivity index (χ1) is 11.2. The molecule has 0 spiro atoms. The van der Waals surface area contributed by atoms with Gasteiger partial charge in [0.1, 0.15) is 0 Å². The van der Waals surface area contributed by atoms with Crippen molar-refractivity contribution in [1.29, 1.82) is 0 Å². The van der Waals surface area contributed by atoms with E-state index in [0.717, 1.165) is 24.0 Å². The van der Waals surface area contributed by atoms with Gasteiger partial charge in [0.15, 0.2) is 0 Å². The van der Waals surface area contributed by atoms with E-state index < -0.39 is 0 Å². The molecule has 0 aliphatic heterocycles. The smallest absolute Gasteiger partial charge is 0.254 e. The van der Waals surface area contributed by atoms with Crippen LogP contribution in [0, 0.1) is 0 Å². The molecular weight excluding hydrogens is 284 g/mol. The average molecular weight is 310 g/mol. The highest BCUT2D eigenvalue weighted by Crippen LogP contribution is 2.16. The summed E-state index contributed by atoms with van der Waals surface area (Å²) in [5.74, 6) is 0.0962. The summed E-state index contributed by atoms with van der Waals surface area (Å²) >= 11 is 0. The van der Waals surface area contributed by atoms with Crippen molar-refractivity contribution in [1.82, 2.24) is 4.90 Å². The van der Waals surface area contributed by atoms with Crippen LogP contribution in [0.1, 0.15) is 41.8 Å². The van der Waals surface area contributed by atoms with Crippen molar-refractivity contribution in [2.45, 2.75) is 39.3 Å². The minimum atomic E-state index is 0.0962. The molecule has 2 rings (SSSR count). The Hall–Kier alpha value is -2.13. The molecule has 0 radical (unpaired) electrons. The number of nitrogens with two attached hydrogens (primary N) is 1. The maximum atomic E-state index is 12.9. The van der Waals surface area contributed by atoms with Crippen LogP contribution in [0.5, 0.6) is 0 Å². The highest BCUT2D eigenvalue weighted by atomic mass is 16.2. The van der Waals surface area contributed by atoms with Crippen LogP contribution in [0.4, 0.5) is 0 Å². The van der Waals surface area contributed by atoms with Crippen LogP contribution in [0.3, 0.4) is 0 Å². The number of carbonyl (C=O) groups excluding carboxylic acids is 1. The first kappa shape index (κ1) is 17.2. The summed E-state index contributed by atoms with van der Waals surface area (Å²) in [6, 6.07) is 18.2. The zero-order chi connectivity index (χ0) is 16.7. The molecule has 0 bridgehead atoms. The topological polar surface area (TPSA) is 46.3 Å². The van der Waals surface area contributed by atoms with Gasteiger partial charge < -0.3 is 10.6 Å². The van der Waals surface area contributed by atoms with E-state index in [0.29, 0.717) is 13.1 Å². The van der Waals surface area contributed by atoms with Crippen molar-refractivity contribution < 1.29 is 4.79 Å². The number of rotatable bonds is 7. The Morgan fingerprint density at radius 2 is 1.65 bits per heavy atom. The van der Waals surface area contributed by atoms with Crippen LogP contribution in [-0.4, -0.2) is 23.4 Å². The van der Waals surface area contributed by atoms with Crippen LogP contribution < -0.4 is 5.73 Å². The molecule has 3 nitrogen and oxygen atoms in total. The first-order valence-corrected chi connectivity index (χ1v) is 8.33. The third kappa shape index (κ3) is 4.42. The van der Waals surface area contributed by atoms with Crippen LogP contribution >= 0.6 is 0 Å². The van der Waals surface area contributed by atoms with E-state index in [9.17, 15) is 4.79 Å². The largest absolute Gasteiger partial charge is 0.336 e. The van der Waals surface area contributed by atoms with Gasteiger partial charge in [-0.05, 0) is 43.0 Å². The van der Waals surface area contributed by atoms with E-state index in [1.807, 2.05) is 54.3 Å². The summed E-state index contributed by atoms with van der Waals surface area (Å²) in [5, 5.41) is 0. The number of hydrogen-bond donors (Lipinski definition) is 1. The zero-order valence-electron chi connectivity index (χ0n) is 14.0. The van der Waals surface area contributed by atoms with Gasteiger partial charge in [-0.1, -0.05) is 49.4 Å². The number of benzene rings is 2. The first-order valence-electron chi connectivity index (χ1n) is 8.33. The van der Waals surface area contributed by atoms with E-state index in [1.165, 1.54) is 5.56 Å². The lowest BCUT2D eigenvalue weighted by molar-refractivity contribution is 0.0684. The molecular formula is C20H26N2O. The fourth-order valence-corrected chi connectivity index (χ4v) is 2.88. The molecule has 0 fully saturated rings. The maximum Gasteiger partial charge on any atom is 0.254 e. The lowest BCUT2D eigenvalue weighted by atomic mass is 10.0. The van der Waals surface area contributed by atoms with Gasteiger partial charge in [0, 0.05) is 24.7 Å². The molecule has 1 amide bonds. The van der Waals surface area contributed by atoms with Gasteiger partial charge in [-0.3, -0.25) is 4.79 Å². The van der Waals surface area contributed by atoms with E-state index in [2.05, 4.69) is 19.1 Å². The molecule has 2 aromatic rings. The Kier molecular flexibility index (Phi) is 6.36. The monoisotopic (exact) mass is 310 g/mol. The number of likely N-dealkylation sites (N-methyl/N-ethyl adjacent to an activating group) is 1. The van der Waals surface area contributed by atoms with Gasteiger partial charge in [0.25, 0.3) is 5.91 Å². The average Bonchev–Trinajstić information content (AvgIpc) is 2.62. The minimum Gasteiger partial charge on any atom is -0.336 e. The number of nitrogens with zero attached hydrogens (tertiary/aromatic N) is 1. The highest BCUT2D eigenvalue weighted by Gasteiger charge is 2.22. The second kappa shape index (κ2) is 8.49. The van der Waals surface area contributed by atoms with Crippen molar-refractivity contribution in [2.75, 3.05) is 6.54 Å². The number of carbonyl (C=O) groups is 1. The van der Waals surface area contributed by atoms with Crippen LogP contribution in [-0.2, 0) is 13.0 Å². The van der Waals surface area contributed by atoms with Gasteiger partial charge in [-0.25, -0.2) is 0 Å². The predicted molar refractivity (Wildman–Crippen MR) is 95.3 cm³/mol. The van der Waals surface area contributed by atoms with E-state index in [4.69, 9.17) is 5.73 Å². The summed E-state index contributed by atoms with van der Waals surface area (Å²) in [5.41, 5.74) is 8.66.